The van der Waals surface area contributed by atoms with Crippen molar-refractivity contribution in [2.75, 3.05) is 37.4 Å². The van der Waals surface area contributed by atoms with Crippen LogP contribution in [0.15, 0.2) is 18.2 Å². The van der Waals surface area contributed by atoms with Crippen molar-refractivity contribution < 1.29 is 13.5 Å². The van der Waals surface area contributed by atoms with Crippen molar-refractivity contribution in [3.63, 3.8) is 0 Å². The van der Waals surface area contributed by atoms with Crippen molar-refractivity contribution in [1.29, 1.82) is 0 Å². The second-order valence-electron chi connectivity index (χ2n) is 4.09. The van der Waals surface area contributed by atoms with Gasteiger partial charge in [-0.15, -0.1) is 0 Å². The lowest BCUT2D eigenvalue weighted by molar-refractivity contribution is 0.255. The van der Waals surface area contributed by atoms with Gasteiger partial charge in [0, 0.05) is 24.5 Å². The summed E-state index contributed by atoms with van der Waals surface area (Å²) in [5.41, 5.74) is 13.4. The van der Waals surface area contributed by atoms with Crippen LogP contribution in [-0.4, -0.2) is 43.8 Å². The number of sulfonamides is 1. The third kappa shape index (κ3) is 4.17. The van der Waals surface area contributed by atoms with Gasteiger partial charge in [0.25, 0.3) is 0 Å². The lowest BCUT2D eigenvalue weighted by Gasteiger charge is -2.19. The maximum Gasteiger partial charge on any atom is 0.211 e. The minimum absolute atomic E-state index is 0.0844. The van der Waals surface area contributed by atoms with Gasteiger partial charge < -0.3 is 16.6 Å². The maximum atomic E-state index is 11.5. The van der Waals surface area contributed by atoms with Gasteiger partial charge in [0.15, 0.2) is 0 Å². The predicted octanol–water partition coefficient (Wildman–Crippen LogP) is -0.353. The van der Waals surface area contributed by atoms with Gasteiger partial charge >= 0.3 is 0 Å². The van der Waals surface area contributed by atoms with E-state index in [1.807, 2.05) is 0 Å². The lowest BCUT2D eigenvalue weighted by Crippen LogP contribution is -2.34. The molecule has 0 amide bonds. The molecule has 0 atom stereocenters. The number of anilines is 2. The number of benzene rings is 1. The Hall–Kier alpha value is -1.31. The molecule has 102 valence electrons. The summed E-state index contributed by atoms with van der Waals surface area (Å²) >= 11 is 0. The fourth-order valence-electron chi connectivity index (χ4n) is 1.64. The monoisotopic (exact) mass is 273 g/mol. The molecule has 0 spiro atoms. The molecule has 0 aliphatic heterocycles. The van der Waals surface area contributed by atoms with Crippen LogP contribution in [0, 0.1) is 0 Å². The summed E-state index contributed by atoms with van der Waals surface area (Å²) in [6.07, 6.45) is 1.58. The van der Waals surface area contributed by atoms with Gasteiger partial charge in [-0.05, 0) is 30.2 Å². The zero-order valence-electron chi connectivity index (χ0n) is 10.3. The average molecular weight is 273 g/mol. The fraction of sp³-hybridized carbons (Fsp3) is 0.455. The minimum Gasteiger partial charge on any atom is -0.399 e. The van der Waals surface area contributed by atoms with Crippen LogP contribution in [-0.2, 0) is 16.4 Å². The van der Waals surface area contributed by atoms with Crippen molar-refractivity contribution >= 4 is 21.4 Å². The maximum absolute atomic E-state index is 11.5. The smallest absolute Gasteiger partial charge is 0.211 e. The number of nitrogens with two attached hydrogens (primary N) is 2. The van der Waals surface area contributed by atoms with Gasteiger partial charge in [0.05, 0.1) is 12.9 Å². The molecule has 0 saturated heterocycles. The molecule has 0 bridgehead atoms. The standard InChI is InChI=1S/C11H19N3O3S/c1-18(16,17)14(6-7-15)5-4-9-8-10(12)2-3-11(9)13/h2-3,8,15H,4-7,12-13H2,1H3. The summed E-state index contributed by atoms with van der Waals surface area (Å²) in [6, 6.07) is 5.12. The van der Waals surface area contributed by atoms with E-state index >= 15 is 0 Å². The normalized spacial score (nSPS) is 11.9. The minimum atomic E-state index is -3.32. The molecule has 0 radical (unpaired) electrons. The van der Waals surface area contributed by atoms with Crippen molar-refractivity contribution in [2.45, 2.75) is 6.42 Å². The van der Waals surface area contributed by atoms with Crippen molar-refractivity contribution in [1.82, 2.24) is 4.31 Å². The van der Waals surface area contributed by atoms with E-state index in [0.717, 1.165) is 11.8 Å². The summed E-state index contributed by atoms with van der Waals surface area (Å²) in [5, 5.41) is 8.85. The quantitative estimate of drug-likeness (QED) is 0.614. The molecule has 0 aliphatic carbocycles. The average Bonchev–Trinajstić information content (AvgIpc) is 2.27. The molecular formula is C11H19N3O3S. The predicted molar refractivity (Wildman–Crippen MR) is 72.5 cm³/mol. The summed E-state index contributed by atoms with van der Waals surface area (Å²) < 4.78 is 24.1. The number of aliphatic hydroxyl groups is 1. The third-order valence-corrected chi connectivity index (χ3v) is 3.92. The molecule has 0 heterocycles. The van der Waals surface area contributed by atoms with E-state index in [-0.39, 0.29) is 19.7 Å². The Morgan fingerprint density at radius 3 is 2.50 bits per heavy atom. The van der Waals surface area contributed by atoms with Crippen LogP contribution in [0.25, 0.3) is 0 Å². The first kappa shape index (κ1) is 14.7. The number of nitrogen functional groups attached to an aromatic ring is 2. The number of rotatable bonds is 6. The molecule has 0 aromatic heterocycles. The zero-order chi connectivity index (χ0) is 13.8. The first-order valence-corrected chi connectivity index (χ1v) is 7.39. The van der Waals surface area contributed by atoms with E-state index in [4.69, 9.17) is 16.6 Å². The van der Waals surface area contributed by atoms with Gasteiger partial charge in [0.2, 0.25) is 10.0 Å². The Morgan fingerprint density at radius 1 is 1.28 bits per heavy atom. The van der Waals surface area contributed by atoms with Gasteiger partial charge in [-0.25, -0.2) is 8.42 Å². The van der Waals surface area contributed by atoms with Crippen LogP contribution in [0.4, 0.5) is 11.4 Å². The molecule has 0 unspecified atom stereocenters. The highest BCUT2D eigenvalue weighted by molar-refractivity contribution is 7.88. The summed E-state index contributed by atoms with van der Waals surface area (Å²) in [6.45, 7) is 0.146. The van der Waals surface area contributed by atoms with Gasteiger partial charge in [-0.2, -0.15) is 4.31 Å². The highest BCUT2D eigenvalue weighted by Crippen LogP contribution is 2.16. The summed E-state index contributed by atoms with van der Waals surface area (Å²) in [7, 11) is -3.32. The van der Waals surface area contributed by atoms with E-state index in [9.17, 15) is 8.42 Å². The van der Waals surface area contributed by atoms with Crippen LogP contribution in [0.3, 0.4) is 0 Å². The Kier molecular flexibility index (Phi) is 4.94. The SMILES string of the molecule is CS(=O)(=O)N(CCO)CCc1cc(N)ccc1N. The Balaban J connectivity index is 2.76. The van der Waals surface area contributed by atoms with Crippen molar-refractivity contribution in [3.8, 4) is 0 Å². The van der Waals surface area contributed by atoms with E-state index < -0.39 is 10.0 Å². The first-order chi connectivity index (χ1) is 8.34. The molecule has 7 heteroatoms. The van der Waals surface area contributed by atoms with E-state index in [0.29, 0.717) is 17.8 Å². The molecule has 0 fully saturated rings. The van der Waals surface area contributed by atoms with Crippen LogP contribution < -0.4 is 11.5 Å². The van der Waals surface area contributed by atoms with E-state index in [1.54, 1.807) is 18.2 Å². The molecule has 1 aromatic rings. The van der Waals surface area contributed by atoms with Crippen molar-refractivity contribution in [3.05, 3.63) is 23.8 Å². The molecule has 18 heavy (non-hydrogen) atoms. The van der Waals surface area contributed by atoms with Gasteiger partial charge in [-0.3, -0.25) is 0 Å². The lowest BCUT2D eigenvalue weighted by atomic mass is 10.1. The van der Waals surface area contributed by atoms with Crippen LogP contribution in [0.1, 0.15) is 5.56 Å². The Morgan fingerprint density at radius 2 is 1.94 bits per heavy atom. The highest BCUT2D eigenvalue weighted by Gasteiger charge is 2.16. The molecular weight excluding hydrogens is 254 g/mol. The summed E-state index contributed by atoms with van der Waals surface area (Å²) in [4.78, 5) is 0. The number of nitrogens with zero attached hydrogens (tertiary/aromatic N) is 1. The summed E-state index contributed by atoms with van der Waals surface area (Å²) in [5.74, 6) is 0. The fourth-order valence-corrected chi connectivity index (χ4v) is 2.48. The van der Waals surface area contributed by atoms with Gasteiger partial charge in [0.1, 0.15) is 0 Å². The van der Waals surface area contributed by atoms with Crippen molar-refractivity contribution in [2.24, 2.45) is 0 Å². The van der Waals surface area contributed by atoms with Crippen LogP contribution in [0.2, 0.25) is 0 Å². The first-order valence-electron chi connectivity index (χ1n) is 5.54. The van der Waals surface area contributed by atoms with Crippen LogP contribution in [0.5, 0.6) is 0 Å². The zero-order valence-corrected chi connectivity index (χ0v) is 11.2. The number of hydrogen-bond donors (Lipinski definition) is 3. The second-order valence-corrected chi connectivity index (χ2v) is 6.08. The molecule has 0 aliphatic rings. The van der Waals surface area contributed by atoms with Crippen LogP contribution >= 0.6 is 0 Å². The molecule has 5 N–H and O–H groups in total. The largest absolute Gasteiger partial charge is 0.399 e. The third-order valence-electron chi connectivity index (χ3n) is 2.62. The molecule has 1 aromatic carbocycles. The Bertz CT molecular complexity index is 502. The number of hydrogen-bond acceptors (Lipinski definition) is 5. The molecule has 0 saturated carbocycles. The molecule has 6 nitrogen and oxygen atoms in total. The molecule has 1 rings (SSSR count). The topological polar surface area (TPSA) is 110 Å². The van der Waals surface area contributed by atoms with E-state index in [2.05, 4.69) is 0 Å². The number of aliphatic hydroxyl groups excluding tert-OH is 1. The van der Waals surface area contributed by atoms with E-state index in [1.165, 1.54) is 4.31 Å². The Labute approximate surface area is 107 Å². The second kappa shape index (κ2) is 6.03. The van der Waals surface area contributed by atoms with Gasteiger partial charge in [-0.1, -0.05) is 0 Å². The highest BCUT2D eigenvalue weighted by atomic mass is 32.2.